The number of benzene rings is 1. The van der Waals surface area contributed by atoms with Gasteiger partial charge in [-0.3, -0.25) is 4.90 Å². The van der Waals surface area contributed by atoms with Gasteiger partial charge in [-0.05, 0) is 56.3 Å². The van der Waals surface area contributed by atoms with Gasteiger partial charge in [0.1, 0.15) is 6.61 Å². The highest BCUT2D eigenvalue weighted by Crippen LogP contribution is 2.25. The van der Waals surface area contributed by atoms with Gasteiger partial charge < -0.3 is 10.1 Å². The monoisotopic (exact) mass is 418 g/mol. The molecule has 1 aromatic carbocycles. The third kappa shape index (κ3) is 4.34. The average Bonchev–Trinajstić information content (AvgIpc) is 3.46. The lowest BCUT2D eigenvalue weighted by Gasteiger charge is -2.14. The van der Waals surface area contributed by atoms with Crippen LogP contribution in [0.2, 0.25) is 0 Å². The lowest BCUT2D eigenvalue weighted by atomic mass is 10.1. The van der Waals surface area contributed by atoms with E-state index in [1.165, 1.54) is 18.9 Å². The number of hydrogen-bond acceptors (Lipinski definition) is 6. The molecule has 1 aliphatic rings. The Bertz CT molecular complexity index is 1170. The first kappa shape index (κ1) is 19.4. The molecule has 3 aromatic heterocycles. The molecule has 4 heterocycles. The molecule has 0 unspecified atom stereocenters. The highest BCUT2D eigenvalue weighted by atomic mass is 19.1. The zero-order chi connectivity index (χ0) is 21.0. The largest absolute Gasteiger partial charge is 0.475 e. The van der Waals surface area contributed by atoms with Crippen molar-refractivity contribution in [2.24, 2.45) is 0 Å². The van der Waals surface area contributed by atoms with Gasteiger partial charge in [0, 0.05) is 30.1 Å². The van der Waals surface area contributed by atoms with Crippen molar-refractivity contribution in [3.63, 3.8) is 0 Å². The van der Waals surface area contributed by atoms with Crippen molar-refractivity contribution in [1.29, 1.82) is 0 Å². The Labute approximate surface area is 179 Å². The molecule has 0 amide bonds. The Balaban J connectivity index is 1.31. The van der Waals surface area contributed by atoms with Crippen LogP contribution in [-0.2, 0) is 0 Å². The zero-order valence-electron chi connectivity index (χ0n) is 17.0. The molecule has 0 radical (unpaired) electrons. The maximum atomic E-state index is 13.8. The molecule has 1 N–H and O–H groups in total. The standard InChI is InChI=1S/C23H23FN6O/c24-19-4-3-11-25-23(19)27-18-7-5-17(6-8-18)20-16-26-21-9-10-22(28-30(20)21)31-15-14-29-12-1-2-13-29/h3-11,16H,1-2,12-15H2,(H,25,27). The molecular weight excluding hydrogens is 395 g/mol. The minimum Gasteiger partial charge on any atom is -0.475 e. The molecular formula is C23H23FN6O. The number of halogens is 1. The van der Waals surface area contributed by atoms with Gasteiger partial charge in [0.2, 0.25) is 5.88 Å². The minimum atomic E-state index is -0.394. The third-order valence-corrected chi connectivity index (χ3v) is 5.40. The quantitative estimate of drug-likeness (QED) is 0.486. The molecule has 1 saturated heterocycles. The van der Waals surface area contributed by atoms with E-state index in [1.54, 1.807) is 23.0 Å². The van der Waals surface area contributed by atoms with Crippen LogP contribution in [0.3, 0.4) is 0 Å². The Morgan fingerprint density at radius 2 is 1.84 bits per heavy atom. The molecule has 1 aliphatic heterocycles. The van der Waals surface area contributed by atoms with Crippen LogP contribution >= 0.6 is 0 Å². The predicted molar refractivity (Wildman–Crippen MR) is 117 cm³/mol. The van der Waals surface area contributed by atoms with Crippen molar-refractivity contribution in [3.05, 3.63) is 66.7 Å². The van der Waals surface area contributed by atoms with Crippen LogP contribution in [0.1, 0.15) is 12.8 Å². The lowest BCUT2D eigenvalue weighted by molar-refractivity contribution is 0.230. The van der Waals surface area contributed by atoms with Gasteiger partial charge in [-0.2, -0.15) is 0 Å². The average molecular weight is 418 g/mol. The number of rotatable bonds is 7. The van der Waals surface area contributed by atoms with Crippen molar-refractivity contribution in [2.75, 3.05) is 31.6 Å². The fourth-order valence-corrected chi connectivity index (χ4v) is 3.75. The minimum absolute atomic E-state index is 0.197. The molecule has 31 heavy (non-hydrogen) atoms. The summed E-state index contributed by atoms with van der Waals surface area (Å²) in [7, 11) is 0. The van der Waals surface area contributed by atoms with Gasteiger partial charge >= 0.3 is 0 Å². The first-order valence-electron chi connectivity index (χ1n) is 10.4. The molecule has 7 nitrogen and oxygen atoms in total. The van der Waals surface area contributed by atoms with Crippen LogP contribution in [0.15, 0.2) is 60.9 Å². The fraction of sp³-hybridized carbons (Fsp3) is 0.261. The third-order valence-electron chi connectivity index (χ3n) is 5.40. The number of anilines is 2. The maximum Gasteiger partial charge on any atom is 0.231 e. The van der Waals surface area contributed by atoms with Gasteiger partial charge in [-0.1, -0.05) is 12.1 Å². The van der Waals surface area contributed by atoms with Crippen molar-refractivity contribution < 1.29 is 9.13 Å². The fourth-order valence-electron chi connectivity index (χ4n) is 3.75. The predicted octanol–water partition coefficient (Wildman–Crippen LogP) is 4.15. The van der Waals surface area contributed by atoms with Gasteiger partial charge in [-0.25, -0.2) is 18.9 Å². The summed E-state index contributed by atoms with van der Waals surface area (Å²) in [6.07, 6.45) is 5.88. The molecule has 0 bridgehead atoms. The van der Waals surface area contributed by atoms with Crippen molar-refractivity contribution in [1.82, 2.24) is 24.5 Å². The highest BCUT2D eigenvalue weighted by molar-refractivity contribution is 5.67. The summed E-state index contributed by atoms with van der Waals surface area (Å²) in [5, 5.41) is 7.60. The van der Waals surface area contributed by atoms with Gasteiger partial charge in [0.25, 0.3) is 0 Å². The molecule has 0 atom stereocenters. The number of hydrogen-bond donors (Lipinski definition) is 1. The lowest BCUT2D eigenvalue weighted by Crippen LogP contribution is -2.25. The van der Waals surface area contributed by atoms with E-state index in [9.17, 15) is 4.39 Å². The summed E-state index contributed by atoms with van der Waals surface area (Å²) >= 11 is 0. The summed E-state index contributed by atoms with van der Waals surface area (Å²) < 4.78 is 21.5. The summed E-state index contributed by atoms with van der Waals surface area (Å²) in [6, 6.07) is 14.3. The SMILES string of the molecule is Fc1cccnc1Nc1ccc(-c2cnc3ccc(OCCN4CCCC4)nn23)cc1. The van der Waals surface area contributed by atoms with E-state index in [2.05, 4.69) is 25.3 Å². The second-order valence-corrected chi connectivity index (χ2v) is 7.52. The van der Waals surface area contributed by atoms with E-state index in [4.69, 9.17) is 4.74 Å². The second-order valence-electron chi connectivity index (χ2n) is 7.52. The van der Waals surface area contributed by atoms with Crippen LogP contribution in [0.5, 0.6) is 5.88 Å². The van der Waals surface area contributed by atoms with Crippen molar-refractivity contribution >= 4 is 17.2 Å². The van der Waals surface area contributed by atoms with Crippen LogP contribution in [-0.4, -0.2) is 50.7 Å². The van der Waals surface area contributed by atoms with Crippen LogP contribution in [0.4, 0.5) is 15.9 Å². The molecule has 5 rings (SSSR count). The number of likely N-dealkylation sites (tertiary alicyclic amines) is 1. The molecule has 0 saturated carbocycles. The number of aromatic nitrogens is 4. The summed E-state index contributed by atoms with van der Waals surface area (Å²) in [4.78, 5) is 10.9. The smallest absolute Gasteiger partial charge is 0.231 e. The molecule has 1 fully saturated rings. The first-order chi connectivity index (χ1) is 15.3. The van der Waals surface area contributed by atoms with E-state index in [0.717, 1.165) is 42.2 Å². The van der Waals surface area contributed by atoms with Crippen LogP contribution in [0.25, 0.3) is 16.9 Å². The van der Waals surface area contributed by atoms with E-state index in [0.29, 0.717) is 12.5 Å². The normalized spacial score (nSPS) is 14.2. The number of pyridine rings is 1. The van der Waals surface area contributed by atoms with E-state index < -0.39 is 5.82 Å². The summed E-state index contributed by atoms with van der Waals surface area (Å²) in [5.41, 5.74) is 3.30. The van der Waals surface area contributed by atoms with E-state index in [-0.39, 0.29) is 5.82 Å². The van der Waals surface area contributed by atoms with Gasteiger partial charge in [0.15, 0.2) is 17.3 Å². The zero-order valence-corrected chi connectivity index (χ0v) is 17.0. The topological polar surface area (TPSA) is 67.6 Å². The number of nitrogens with one attached hydrogen (secondary N) is 1. The summed E-state index contributed by atoms with van der Waals surface area (Å²) in [5.74, 6) is 0.382. The first-order valence-corrected chi connectivity index (χ1v) is 10.4. The number of imidazole rings is 1. The second kappa shape index (κ2) is 8.69. The van der Waals surface area contributed by atoms with Crippen molar-refractivity contribution in [2.45, 2.75) is 12.8 Å². The highest BCUT2D eigenvalue weighted by Gasteiger charge is 2.12. The molecule has 158 valence electrons. The van der Waals surface area contributed by atoms with Crippen molar-refractivity contribution in [3.8, 4) is 17.1 Å². The molecule has 4 aromatic rings. The number of ether oxygens (including phenoxy) is 1. The Morgan fingerprint density at radius 3 is 2.65 bits per heavy atom. The Hall–Kier alpha value is -3.52. The van der Waals surface area contributed by atoms with E-state index in [1.807, 2.05) is 36.4 Å². The Morgan fingerprint density at radius 1 is 1.00 bits per heavy atom. The maximum absolute atomic E-state index is 13.8. The van der Waals surface area contributed by atoms with Gasteiger partial charge in [0.05, 0.1) is 11.9 Å². The Kier molecular flexibility index (Phi) is 5.45. The summed E-state index contributed by atoms with van der Waals surface area (Å²) in [6.45, 7) is 3.84. The molecule has 8 heteroatoms. The number of fused-ring (bicyclic) bond motifs is 1. The van der Waals surface area contributed by atoms with Crippen LogP contribution in [0, 0.1) is 5.82 Å². The van der Waals surface area contributed by atoms with Gasteiger partial charge in [-0.15, -0.1) is 5.10 Å². The molecule has 0 aliphatic carbocycles. The number of nitrogens with zero attached hydrogens (tertiary/aromatic N) is 5. The molecule has 0 spiro atoms. The van der Waals surface area contributed by atoms with E-state index >= 15 is 0 Å². The van der Waals surface area contributed by atoms with Crippen LogP contribution < -0.4 is 10.1 Å².